The number of hydrogen-bond acceptors (Lipinski definition) is 2. The van der Waals surface area contributed by atoms with Crippen LogP contribution >= 0.6 is 7.82 Å². The van der Waals surface area contributed by atoms with Crippen molar-refractivity contribution in [3.63, 3.8) is 0 Å². The Morgan fingerprint density at radius 3 is 2.25 bits per heavy atom. The van der Waals surface area contributed by atoms with E-state index in [2.05, 4.69) is 11.4 Å². The lowest BCUT2D eigenvalue weighted by atomic mass is 9.99. The molecule has 0 aliphatic heterocycles. The van der Waals surface area contributed by atoms with Gasteiger partial charge in [-0.05, 0) is 12.3 Å². The monoisotopic (exact) mass is 252 g/mol. The molecule has 0 rings (SSSR count). The molecule has 0 bridgehead atoms. The van der Waals surface area contributed by atoms with Gasteiger partial charge < -0.3 is 9.79 Å². The molecule has 0 radical (unpaired) electrons. The van der Waals surface area contributed by atoms with Crippen LogP contribution in [-0.2, 0) is 9.09 Å². The first-order valence-corrected chi connectivity index (χ1v) is 7.72. The molecule has 16 heavy (non-hydrogen) atoms. The fourth-order valence-electron chi connectivity index (χ4n) is 1.64. The van der Waals surface area contributed by atoms with E-state index in [9.17, 15) is 4.57 Å². The second-order valence-corrected chi connectivity index (χ2v) is 5.50. The first kappa shape index (κ1) is 16.1. The summed E-state index contributed by atoms with van der Waals surface area (Å²) in [6, 6.07) is 0. The minimum Gasteiger partial charge on any atom is -0.303 e. The molecule has 5 heteroatoms. The summed E-state index contributed by atoms with van der Waals surface area (Å²) < 4.78 is 15.1. The van der Waals surface area contributed by atoms with Crippen molar-refractivity contribution in [2.75, 3.05) is 6.61 Å². The number of phosphoric acid groups is 1. The Balaban J connectivity index is 3.55. The minimum atomic E-state index is -4.28. The summed E-state index contributed by atoms with van der Waals surface area (Å²) in [4.78, 5) is 17.2. The van der Waals surface area contributed by atoms with E-state index in [-0.39, 0.29) is 12.5 Å². The zero-order valence-corrected chi connectivity index (χ0v) is 11.3. The Morgan fingerprint density at radius 2 is 1.75 bits per heavy atom. The molecular formula is C11H25O4P. The van der Waals surface area contributed by atoms with Crippen molar-refractivity contribution >= 4 is 7.82 Å². The van der Waals surface area contributed by atoms with Gasteiger partial charge in [0.25, 0.3) is 0 Å². The van der Waals surface area contributed by atoms with Crippen LogP contribution in [0.15, 0.2) is 0 Å². The highest BCUT2D eigenvalue weighted by molar-refractivity contribution is 7.46. The quantitative estimate of drug-likeness (QED) is 0.461. The van der Waals surface area contributed by atoms with Crippen LogP contribution in [0.2, 0.25) is 0 Å². The third-order valence-corrected chi connectivity index (χ3v) is 3.26. The summed E-state index contributed by atoms with van der Waals surface area (Å²) in [6.45, 7) is 4.39. The van der Waals surface area contributed by atoms with Gasteiger partial charge >= 0.3 is 7.82 Å². The van der Waals surface area contributed by atoms with Gasteiger partial charge in [0.15, 0.2) is 0 Å². The van der Waals surface area contributed by atoms with Gasteiger partial charge in [-0.1, -0.05) is 52.4 Å². The average molecular weight is 252 g/mol. The zero-order chi connectivity index (χ0) is 12.4. The third kappa shape index (κ3) is 10.6. The molecule has 0 aliphatic rings. The lowest BCUT2D eigenvalue weighted by molar-refractivity contribution is 0.161. The highest BCUT2D eigenvalue weighted by Gasteiger charge is 2.16. The van der Waals surface area contributed by atoms with Crippen LogP contribution in [-0.4, -0.2) is 16.4 Å². The lowest BCUT2D eigenvalue weighted by Gasteiger charge is -2.15. The van der Waals surface area contributed by atoms with Crippen molar-refractivity contribution in [1.82, 2.24) is 0 Å². The lowest BCUT2D eigenvalue weighted by Crippen LogP contribution is -2.07. The normalized spacial score (nSPS) is 14.0. The summed E-state index contributed by atoms with van der Waals surface area (Å²) >= 11 is 0. The molecule has 0 amide bonds. The van der Waals surface area contributed by atoms with E-state index < -0.39 is 7.82 Å². The molecule has 0 spiro atoms. The summed E-state index contributed by atoms with van der Waals surface area (Å²) in [5.74, 6) is 0.272. The van der Waals surface area contributed by atoms with Crippen molar-refractivity contribution in [3.05, 3.63) is 0 Å². The Kier molecular flexibility index (Phi) is 9.24. The molecule has 1 unspecified atom stereocenters. The van der Waals surface area contributed by atoms with Crippen LogP contribution in [0, 0.1) is 5.92 Å². The van der Waals surface area contributed by atoms with Crippen LogP contribution in [0.5, 0.6) is 0 Å². The van der Waals surface area contributed by atoms with Gasteiger partial charge in [-0.15, -0.1) is 0 Å². The zero-order valence-electron chi connectivity index (χ0n) is 10.4. The van der Waals surface area contributed by atoms with E-state index in [1.165, 1.54) is 25.7 Å². The van der Waals surface area contributed by atoms with Gasteiger partial charge in [0.05, 0.1) is 6.61 Å². The second kappa shape index (κ2) is 9.17. The van der Waals surface area contributed by atoms with Crippen molar-refractivity contribution in [2.24, 2.45) is 5.92 Å². The fourth-order valence-corrected chi connectivity index (χ4v) is 2.05. The molecule has 0 fully saturated rings. The molecule has 1 atom stereocenters. The third-order valence-electron chi connectivity index (χ3n) is 2.77. The summed E-state index contributed by atoms with van der Waals surface area (Å²) in [5.41, 5.74) is 0. The van der Waals surface area contributed by atoms with Gasteiger partial charge in [0, 0.05) is 0 Å². The summed E-state index contributed by atoms with van der Waals surface area (Å²) in [5, 5.41) is 0. The summed E-state index contributed by atoms with van der Waals surface area (Å²) in [7, 11) is -4.28. The van der Waals surface area contributed by atoms with Crippen LogP contribution < -0.4 is 0 Å². The van der Waals surface area contributed by atoms with E-state index in [0.717, 1.165) is 19.3 Å². The van der Waals surface area contributed by atoms with E-state index in [1.807, 2.05) is 6.92 Å². The Labute approximate surface area is 98.6 Å². The van der Waals surface area contributed by atoms with Gasteiger partial charge in [0.1, 0.15) is 0 Å². The van der Waals surface area contributed by atoms with E-state index >= 15 is 0 Å². The Hall–Kier alpha value is 0.110. The van der Waals surface area contributed by atoms with Crippen molar-refractivity contribution in [1.29, 1.82) is 0 Å². The fraction of sp³-hybridized carbons (Fsp3) is 1.00. The van der Waals surface area contributed by atoms with Crippen LogP contribution in [0.3, 0.4) is 0 Å². The van der Waals surface area contributed by atoms with E-state index in [1.54, 1.807) is 0 Å². The smallest absolute Gasteiger partial charge is 0.303 e. The minimum absolute atomic E-state index is 0.175. The molecule has 98 valence electrons. The largest absolute Gasteiger partial charge is 0.469 e. The van der Waals surface area contributed by atoms with Gasteiger partial charge in [-0.25, -0.2) is 4.57 Å². The van der Waals surface area contributed by atoms with Gasteiger partial charge in [-0.3, -0.25) is 4.52 Å². The number of hydrogen-bond donors (Lipinski definition) is 2. The molecule has 4 nitrogen and oxygen atoms in total. The maximum Gasteiger partial charge on any atom is 0.469 e. The predicted molar refractivity (Wildman–Crippen MR) is 65.2 cm³/mol. The van der Waals surface area contributed by atoms with Gasteiger partial charge in [0.2, 0.25) is 0 Å². The standard InChI is InChI=1S/C11H25O4P/c1-3-5-6-7-8-9-11(4-2)10-15-16(12,13)14/h11H,3-10H2,1-2H3,(H2,12,13,14). The Bertz CT molecular complexity index is 202. The molecule has 0 saturated heterocycles. The Morgan fingerprint density at radius 1 is 1.12 bits per heavy atom. The molecule has 0 aromatic heterocycles. The number of phosphoric ester groups is 1. The van der Waals surface area contributed by atoms with Crippen LogP contribution in [0.25, 0.3) is 0 Å². The highest BCUT2D eigenvalue weighted by Crippen LogP contribution is 2.37. The van der Waals surface area contributed by atoms with E-state index in [4.69, 9.17) is 9.79 Å². The molecular weight excluding hydrogens is 227 g/mol. The number of rotatable bonds is 10. The first-order chi connectivity index (χ1) is 7.49. The van der Waals surface area contributed by atoms with Crippen LogP contribution in [0.1, 0.15) is 58.8 Å². The molecule has 0 aromatic carbocycles. The van der Waals surface area contributed by atoms with Crippen molar-refractivity contribution in [3.8, 4) is 0 Å². The number of unbranched alkanes of at least 4 members (excludes halogenated alkanes) is 4. The van der Waals surface area contributed by atoms with Gasteiger partial charge in [-0.2, -0.15) is 0 Å². The summed E-state index contributed by atoms with van der Waals surface area (Å²) in [6.07, 6.45) is 8.01. The van der Waals surface area contributed by atoms with Crippen LogP contribution in [0.4, 0.5) is 0 Å². The average Bonchev–Trinajstić information content (AvgIpc) is 2.21. The molecule has 0 aliphatic carbocycles. The van der Waals surface area contributed by atoms with E-state index in [0.29, 0.717) is 0 Å². The topological polar surface area (TPSA) is 66.8 Å². The molecule has 0 aromatic rings. The molecule has 2 N–H and O–H groups in total. The second-order valence-electron chi connectivity index (χ2n) is 4.26. The molecule has 0 saturated carbocycles. The predicted octanol–water partition coefficient (Wildman–Crippen LogP) is 3.48. The van der Waals surface area contributed by atoms with Crippen molar-refractivity contribution in [2.45, 2.75) is 58.8 Å². The SMILES string of the molecule is CCCCCCCC(CC)COP(=O)(O)O. The maximum atomic E-state index is 10.5. The van der Waals surface area contributed by atoms with Crippen molar-refractivity contribution < 1.29 is 18.9 Å². The first-order valence-electron chi connectivity index (χ1n) is 6.19. The maximum absolute atomic E-state index is 10.5. The highest BCUT2D eigenvalue weighted by atomic mass is 31.2. The molecule has 0 heterocycles.